The zero-order valence-electron chi connectivity index (χ0n) is 9.29. The Bertz CT molecular complexity index is 323. The molecule has 1 N–H and O–H groups in total. The van der Waals surface area contributed by atoms with Gasteiger partial charge in [0.25, 0.3) is 0 Å². The van der Waals surface area contributed by atoms with E-state index in [1.54, 1.807) is 0 Å². The molecule has 0 spiro atoms. The first kappa shape index (κ1) is 11.5. The van der Waals surface area contributed by atoms with Gasteiger partial charge in [0.2, 0.25) is 0 Å². The maximum absolute atomic E-state index is 5.37. The lowest BCUT2D eigenvalue weighted by molar-refractivity contribution is 0.340. The number of terminal acetylenes is 1. The van der Waals surface area contributed by atoms with Crippen LogP contribution in [0.4, 0.5) is 5.69 Å². The number of hydrogen-bond donors (Lipinski definition) is 1. The zero-order valence-corrected chi connectivity index (χ0v) is 9.29. The quantitative estimate of drug-likeness (QED) is 0.743. The van der Waals surface area contributed by atoms with Crippen molar-refractivity contribution in [2.75, 3.05) is 11.9 Å². The lowest BCUT2D eigenvalue weighted by Gasteiger charge is -2.12. The molecule has 0 aromatic heterocycles. The van der Waals surface area contributed by atoms with Crippen LogP contribution in [-0.2, 0) is 0 Å². The van der Waals surface area contributed by atoms with Crippen molar-refractivity contribution in [3.8, 4) is 18.1 Å². The van der Waals surface area contributed by atoms with E-state index < -0.39 is 0 Å². The van der Waals surface area contributed by atoms with Crippen molar-refractivity contribution < 1.29 is 4.74 Å². The Hall–Kier alpha value is -1.62. The first-order valence-electron chi connectivity index (χ1n) is 5.25. The average Bonchev–Trinajstić information content (AvgIpc) is 2.28. The minimum atomic E-state index is 0.0999. The van der Waals surface area contributed by atoms with Crippen LogP contribution in [-0.4, -0.2) is 12.6 Å². The SMILES string of the molecule is C#CC(CC)Nc1ccc(OCC)cc1. The number of benzene rings is 1. The molecule has 0 saturated heterocycles. The molecule has 1 atom stereocenters. The molecule has 1 rings (SSSR count). The fourth-order valence-electron chi connectivity index (χ4n) is 1.28. The van der Waals surface area contributed by atoms with Crippen LogP contribution in [0.2, 0.25) is 0 Å². The van der Waals surface area contributed by atoms with Crippen molar-refractivity contribution in [3.05, 3.63) is 24.3 Å². The topological polar surface area (TPSA) is 21.3 Å². The maximum Gasteiger partial charge on any atom is 0.119 e. The van der Waals surface area contributed by atoms with E-state index in [0.29, 0.717) is 6.61 Å². The molecule has 1 aromatic carbocycles. The number of rotatable bonds is 5. The second-order valence-corrected chi connectivity index (χ2v) is 3.23. The van der Waals surface area contributed by atoms with Gasteiger partial charge in [-0.2, -0.15) is 0 Å². The Kier molecular flexibility index (Phi) is 4.56. The molecule has 0 amide bonds. The van der Waals surface area contributed by atoms with Gasteiger partial charge >= 0.3 is 0 Å². The molecule has 0 saturated carbocycles. The summed E-state index contributed by atoms with van der Waals surface area (Å²) in [6.07, 6.45) is 6.29. The highest BCUT2D eigenvalue weighted by Crippen LogP contribution is 2.16. The Labute approximate surface area is 91.6 Å². The van der Waals surface area contributed by atoms with Crippen LogP contribution in [0.1, 0.15) is 20.3 Å². The van der Waals surface area contributed by atoms with E-state index in [-0.39, 0.29) is 6.04 Å². The fraction of sp³-hybridized carbons (Fsp3) is 0.385. The van der Waals surface area contributed by atoms with Crippen molar-refractivity contribution >= 4 is 5.69 Å². The van der Waals surface area contributed by atoms with Gasteiger partial charge in [0.1, 0.15) is 5.75 Å². The van der Waals surface area contributed by atoms with Crippen molar-refractivity contribution in [1.82, 2.24) is 0 Å². The Morgan fingerprint density at radius 2 is 2.00 bits per heavy atom. The molecule has 80 valence electrons. The predicted octanol–water partition coefficient (Wildman–Crippen LogP) is 2.91. The van der Waals surface area contributed by atoms with Crippen LogP contribution in [0.15, 0.2) is 24.3 Å². The molecule has 1 aromatic rings. The summed E-state index contributed by atoms with van der Waals surface area (Å²) in [6, 6.07) is 7.93. The second-order valence-electron chi connectivity index (χ2n) is 3.23. The van der Waals surface area contributed by atoms with Crippen LogP contribution < -0.4 is 10.1 Å². The summed E-state index contributed by atoms with van der Waals surface area (Å²) in [5, 5.41) is 3.26. The molecule has 1 unspecified atom stereocenters. The average molecular weight is 203 g/mol. The van der Waals surface area contributed by atoms with E-state index in [9.17, 15) is 0 Å². The summed E-state index contributed by atoms with van der Waals surface area (Å²) in [6.45, 7) is 4.72. The molecular formula is C13H17NO. The summed E-state index contributed by atoms with van der Waals surface area (Å²) < 4.78 is 5.35. The monoisotopic (exact) mass is 203 g/mol. The number of nitrogens with one attached hydrogen (secondary N) is 1. The highest BCUT2D eigenvalue weighted by atomic mass is 16.5. The summed E-state index contributed by atoms with van der Waals surface area (Å²) in [5.74, 6) is 3.58. The van der Waals surface area contributed by atoms with Gasteiger partial charge in [-0.3, -0.25) is 0 Å². The summed E-state index contributed by atoms with van der Waals surface area (Å²) in [7, 11) is 0. The summed E-state index contributed by atoms with van der Waals surface area (Å²) >= 11 is 0. The third kappa shape index (κ3) is 3.55. The van der Waals surface area contributed by atoms with Crippen molar-refractivity contribution in [3.63, 3.8) is 0 Å². The number of hydrogen-bond acceptors (Lipinski definition) is 2. The van der Waals surface area contributed by atoms with Gasteiger partial charge in [-0.05, 0) is 37.6 Å². The van der Waals surface area contributed by atoms with Crippen LogP contribution >= 0.6 is 0 Å². The maximum atomic E-state index is 5.37. The van der Waals surface area contributed by atoms with E-state index in [1.807, 2.05) is 31.2 Å². The largest absolute Gasteiger partial charge is 0.494 e. The molecule has 15 heavy (non-hydrogen) atoms. The molecule has 2 heteroatoms. The lowest BCUT2D eigenvalue weighted by Crippen LogP contribution is -2.15. The number of anilines is 1. The van der Waals surface area contributed by atoms with Crippen molar-refractivity contribution in [2.45, 2.75) is 26.3 Å². The van der Waals surface area contributed by atoms with Gasteiger partial charge < -0.3 is 10.1 Å². The molecule has 0 heterocycles. The first-order valence-corrected chi connectivity index (χ1v) is 5.25. The Morgan fingerprint density at radius 3 is 2.47 bits per heavy atom. The molecule has 0 radical (unpaired) electrons. The third-order valence-corrected chi connectivity index (χ3v) is 2.12. The van der Waals surface area contributed by atoms with Crippen LogP contribution in [0, 0.1) is 12.3 Å². The van der Waals surface area contributed by atoms with Crippen molar-refractivity contribution in [1.29, 1.82) is 0 Å². The van der Waals surface area contributed by atoms with Crippen molar-refractivity contribution in [2.24, 2.45) is 0 Å². The van der Waals surface area contributed by atoms with Gasteiger partial charge in [0.15, 0.2) is 0 Å². The molecule has 0 fully saturated rings. The minimum absolute atomic E-state index is 0.0999. The molecule has 0 aliphatic rings. The van der Waals surface area contributed by atoms with E-state index in [2.05, 4.69) is 18.2 Å². The molecule has 0 aliphatic carbocycles. The van der Waals surface area contributed by atoms with Gasteiger partial charge in [0.05, 0.1) is 12.6 Å². The van der Waals surface area contributed by atoms with Gasteiger partial charge in [0, 0.05) is 5.69 Å². The van der Waals surface area contributed by atoms with Crippen LogP contribution in [0.5, 0.6) is 5.75 Å². The molecular weight excluding hydrogens is 186 g/mol. The zero-order chi connectivity index (χ0) is 11.1. The van der Waals surface area contributed by atoms with E-state index >= 15 is 0 Å². The van der Waals surface area contributed by atoms with Gasteiger partial charge in [-0.25, -0.2) is 0 Å². The summed E-state index contributed by atoms with van der Waals surface area (Å²) in [5.41, 5.74) is 1.03. The molecule has 2 nitrogen and oxygen atoms in total. The normalized spacial score (nSPS) is 11.5. The predicted molar refractivity (Wildman–Crippen MR) is 64.1 cm³/mol. The Morgan fingerprint density at radius 1 is 1.33 bits per heavy atom. The van der Waals surface area contributed by atoms with Crippen LogP contribution in [0.3, 0.4) is 0 Å². The van der Waals surface area contributed by atoms with Crippen LogP contribution in [0.25, 0.3) is 0 Å². The van der Waals surface area contributed by atoms with Gasteiger partial charge in [-0.15, -0.1) is 6.42 Å². The standard InChI is InChI=1S/C13H17NO/c1-4-11(5-2)14-12-7-9-13(10-8-12)15-6-3/h1,7-11,14H,5-6H2,2-3H3. The smallest absolute Gasteiger partial charge is 0.119 e. The molecule has 0 aliphatic heterocycles. The lowest BCUT2D eigenvalue weighted by atomic mass is 10.2. The Balaban J connectivity index is 2.60. The number of ether oxygens (including phenoxy) is 1. The minimum Gasteiger partial charge on any atom is -0.494 e. The van der Waals surface area contributed by atoms with E-state index in [0.717, 1.165) is 17.9 Å². The highest BCUT2D eigenvalue weighted by Gasteiger charge is 2.01. The second kappa shape index (κ2) is 5.98. The fourth-order valence-corrected chi connectivity index (χ4v) is 1.28. The van der Waals surface area contributed by atoms with E-state index in [1.165, 1.54) is 0 Å². The highest BCUT2D eigenvalue weighted by molar-refractivity contribution is 5.48. The summed E-state index contributed by atoms with van der Waals surface area (Å²) in [4.78, 5) is 0. The molecule has 0 bridgehead atoms. The van der Waals surface area contributed by atoms with Gasteiger partial charge in [-0.1, -0.05) is 12.8 Å². The van der Waals surface area contributed by atoms with E-state index in [4.69, 9.17) is 11.2 Å². The first-order chi connectivity index (χ1) is 7.30. The third-order valence-electron chi connectivity index (χ3n) is 2.12.